The summed E-state index contributed by atoms with van der Waals surface area (Å²) in [5.41, 5.74) is 7.01. The summed E-state index contributed by atoms with van der Waals surface area (Å²) in [6.45, 7) is 0.394. The summed E-state index contributed by atoms with van der Waals surface area (Å²) in [6, 6.07) is 15.2. The molecule has 0 aliphatic rings. The lowest BCUT2D eigenvalue weighted by molar-refractivity contribution is -0.121. The van der Waals surface area contributed by atoms with Crippen LogP contribution < -0.4 is 16.2 Å². The Labute approximate surface area is 203 Å². The highest BCUT2D eigenvalue weighted by molar-refractivity contribution is 6.42. The molecule has 3 N–H and O–H groups in total. The number of benzene rings is 3. The van der Waals surface area contributed by atoms with Crippen LogP contribution in [0.1, 0.15) is 6.42 Å². The molecule has 0 aliphatic heterocycles. The number of rotatable bonds is 4. The second-order valence-corrected chi connectivity index (χ2v) is 8.67. The number of hydrazine groups is 1. The van der Waals surface area contributed by atoms with Gasteiger partial charge in [-0.15, -0.1) is 0 Å². The van der Waals surface area contributed by atoms with Crippen molar-refractivity contribution in [2.75, 3.05) is 5.32 Å². The number of carbonyl (C=O) groups is 2. The largest absolute Gasteiger partial charge is 0.340 e. The summed E-state index contributed by atoms with van der Waals surface area (Å²) in [5.74, 6) is -0.354. The molecule has 1 aromatic heterocycles. The van der Waals surface area contributed by atoms with Gasteiger partial charge in [0, 0.05) is 50.5 Å². The minimum atomic E-state index is -0.613. The predicted octanol–water partition coefficient (Wildman–Crippen LogP) is 6.65. The smallest absolute Gasteiger partial charge is 0.337 e. The van der Waals surface area contributed by atoms with Gasteiger partial charge in [-0.05, 0) is 54.6 Å². The summed E-state index contributed by atoms with van der Waals surface area (Å²) in [4.78, 5) is 24.3. The Morgan fingerprint density at radius 2 is 1.38 bits per heavy atom. The number of anilines is 1. The number of nitrogens with zero attached hydrogens (tertiary/aromatic N) is 1. The molecule has 3 amide bonds. The zero-order valence-corrected chi connectivity index (χ0v) is 19.4. The number of halogens is 4. The third-order valence-corrected chi connectivity index (χ3v) is 6.05. The van der Waals surface area contributed by atoms with E-state index in [1.165, 1.54) is 6.07 Å². The molecule has 0 radical (unpaired) electrons. The number of carbonyl (C=O) groups excluding carboxylic acids is 2. The first-order chi connectivity index (χ1) is 15.3. The average Bonchev–Trinajstić information content (AvgIpc) is 3.05. The van der Waals surface area contributed by atoms with E-state index in [9.17, 15) is 9.59 Å². The van der Waals surface area contributed by atoms with Crippen molar-refractivity contribution >= 4 is 85.8 Å². The Morgan fingerprint density at radius 3 is 1.97 bits per heavy atom. The molecule has 1 heterocycles. The molecule has 0 saturated carbocycles. The predicted molar refractivity (Wildman–Crippen MR) is 131 cm³/mol. The maximum Gasteiger partial charge on any atom is 0.337 e. The van der Waals surface area contributed by atoms with Crippen molar-refractivity contribution in [2.45, 2.75) is 13.0 Å². The Kier molecular flexibility index (Phi) is 6.67. The molecular weight excluding hydrogens is 494 g/mol. The van der Waals surface area contributed by atoms with Gasteiger partial charge in [-0.2, -0.15) is 0 Å². The molecule has 0 bridgehead atoms. The number of amides is 3. The monoisotopic (exact) mass is 508 g/mol. The van der Waals surface area contributed by atoms with E-state index in [-0.39, 0.29) is 12.3 Å². The second-order valence-electron chi connectivity index (χ2n) is 6.98. The SMILES string of the molecule is O=C(CCn1c2ccc(Cl)cc2c2cc(Cl)ccc21)NNC(=O)Nc1ccc(Cl)c(Cl)c1. The quantitative estimate of drug-likeness (QED) is 0.269. The molecule has 4 aromatic rings. The minimum Gasteiger partial charge on any atom is -0.340 e. The number of aromatic nitrogens is 1. The first-order valence-electron chi connectivity index (χ1n) is 9.50. The third kappa shape index (κ3) is 4.89. The molecule has 3 aromatic carbocycles. The lowest BCUT2D eigenvalue weighted by Crippen LogP contribution is -2.44. The van der Waals surface area contributed by atoms with Crippen LogP contribution in [0, 0.1) is 0 Å². The number of fused-ring (bicyclic) bond motifs is 3. The van der Waals surface area contributed by atoms with E-state index >= 15 is 0 Å². The van der Waals surface area contributed by atoms with Crippen molar-refractivity contribution in [2.24, 2.45) is 0 Å². The van der Waals surface area contributed by atoms with E-state index in [0.717, 1.165) is 21.8 Å². The molecule has 0 fully saturated rings. The third-order valence-electron chi connectivity index (χ3n) is 4.84. The first kappa shape index (κ1) is 22.6. The van der Waals surface area contributed by atoms with Crippen molar-refractivity contribution in [3.63, 3.8) is 0 Å². The van der Waals surface area contributed by atoms with Gasteiger partial charge in [-0.25, -0.2) is 10.2 Å². The maximum absolute atomic E-state index is 12.3. The van der Waals surface area contributed by atoms with Crippen molar-refractivity contribution in [3.8, 4) is 0 Å². The zero-order chi connectivity index (χ0) is 22.8. The van der Waals surface area contributed by atoms with Crippen LogP contribution in [0.25, 0.3) is 21.8 Å². The fourth-order valence-electron chi connectivity index (χ4n) is 3.43. The fraction of sp³-hybridized carbons (Fsp3) is 0.0909. The lowest BCUT2D eigenvalue weighted by atomic mass is 10.1. The Hall–Kier alpha value is -2.64. The summed E-state index contributed by atoms with van der Waals surface area (Å²) < 4.78 is 2.02. The highest BCUT2D eigenvalue weighted by Gasteiger charge is 2.13. The standard InChI is InChI=1S/C22H16Cl4N4O2/c23-12-1-5-19-15(9-12)16-10-13(24)2-6-20(16)30(19)8-7-21(31)28-29-22(32)27-14-3-4-17(25)18(26)11-14/h1-6,9-11H,7-8H2,(H,28,31)(H2,27,29,32). The van der Waals surface area contributed by atoms with E-state index in [4.69, 9.17) is 46.4 Å². The molecular formula is C22H16Cl4N4O2. The molecule has 0 aliphatic carbocycles. The van der Waals surface area contributed by atoms with Crippen LogP contribution in [0.15, 0.2) is 54.6 Å². The van der Waals surface area contributed by atoms with E-state index in [2.05, 4.69) is 16.2 Å². The number of urea groups is 1. The van der Waals surface area contributed by atoms with Crippen LogP contribution in [-0.4, -0.2) is 16.5 Å². The van der Waals surface area contributed by atoms with Gasteiger partial charge in [0.1, 0.15) is 0 Å². The van der Waals surface area contributed by atoms with Gasteiger partial charge >= 0.3 is 6.03 Å². The Morgan fingerprint density at radius 1 is 0.750 bits per heavy atom. The van der Waals surface area contributed by atoms with Crippen LogP contribution in [0.4, 0.5) is 10.5 Å². The summed E-state index contributed by atoms with van der Waals surface area (Å²) in [6.07, 6.45) is 0.136. The second kappa shape index (κ2) is 9.46. The molecule has 6 nitrogen and oxygen atoms in total. The van der Waals surface area contributed by atoms with Crippen LogP contribution in [0.3, 0.4) is 0 Å². The van der Waals surface area contributed by atoms with Crippen LogP contribution in [-0.2, 0) is 11.3 Å². The molecule has 0 spiro atoms. The molecule has 164 valence electrons. The average molecular weight is 510 g/mol. The van der Waals surface area contributed by atoms with Crippen molar-refractivity contribution in [3.05, 3.63) is 74.7 Å². The highest BCUT2D eigenvalue weighted by atomic mass is 35.5. The molecule has 0 atom stereocenters. The van der Waals surface area contributed by atoms with Gasteiger partial charge in [0.15, 0.2) is 0 Å². The summed E-state index contributed by atoms with van der Waals surface area (Å²) in [7, 11) is 0. The summed E-state index contributed by atoms with van der Waals surface area (Å²) in [5, 5.41) is 6.38. The maximum atomic E-state index is 12.3. The zero-order valence-electron chi connectivity index (χ0n) is 16.4. The lowest BCUT2D eigenvalue weighted by Gasteiger charge is -2.11. The normalized spacial score (nSPS) is 11.0. The number of hydrogen-bond acceptors (Lipinski definition) is 2. The summed E-state index contributed by atoms with van der Waals surface area (Å²) >= 11 is 24.1. The van der Waals surface area contributed by atoms with Crippen molar-refractivity contribution in [1.29, 1.82) is 0 Å². The molecule has 0 unspecified atom stereocenters. The molecule has 10 heteroatoms. The number of aryl methyl sites for hydroxylation is 1. The van der Waals surface area contributed by atoms with Gasteiger partial charge < -0.3 is 9.88 Å². The van der Waals surface area contributed by atoms with Crippen LogP contribution >= 0.6 is 46.4 Å². The molecule has 4 rings (SSSR count). The van der Waals surface area contributed by atoms with Gasteiger partial charge in [0.2, 0.25) is 5.91 Å². The minimum absolute atomic E-state index is 0.136. The molecule has 32 heavy (non-hydrogen) atoms. The highest BCUT2D eigenvalue weighted by Crippen LogP contribution is 2.33. The van der Waals surface area contributed by atoms with Gasteiger partial charge in [0.25, 0.3) is 0 Å². The van der Waals surface area contributed by atoms with E-state index in [1.807, 2.05) is 28.8 Å². The van der Waals surface area contributed by atoms with E-state index < -0.39 is 6.03 Å². The number of hydrogen-bond donors (Lipinski definition) is 3. The number of nitrogens with one attached hydrogen (secondary N) is 3. The topological polar surface area (TPSA) is 75.2 Å². The molecule has 0 saturated heterocycles. The van der Waals surface area contributed by atoms with Gasteiger partial charge in [-0.3, -0.25) is 10.2 Å². The fourth-order valence-corrected chi connectivity index (χ4v) is 4.07. The van der Waals surface area contributed by atoms with Crippen LogP contribution in [0.2, 0.25) is 20.1 Å². The van der Waals surface area contributed by atoms with Crippen molar-refractivity contribution in [1.82, 2.24) is 15.4 Å². The van der Waals surface area contributed by atoms with Gasteiger partial charge in [-0.1, -0.05) is 46.4 Å². The van der Waals surface area contributed by atoms with Gasteiger partial charge in [0.05, 0.1) is 10.0 Å². The Balaban J connectivity index is 1.41. The van der Waals surface area contributed by atoms with Crippen molar-refractivity contribution < 1.29 is 9.59 Å². The van der Waals surface area contributed by atoms with E-state index in [0.29, 0.717) is 32.3 Å². The van der Waals surface area contributed by atoms with E-state index in [1.54, 1.807) is 24.3 Å². The Bertz CT molecular complexity index is 1290. The van der Waals surface area contributed by atoms with Crippen LogP contribution in [0.5, 0.6) is 0 Å². The first-order valence-corrected chi connectivity index (χ1v) is 11.0.